The Labute approximate surface area is 196 Å². The van der Waals surface area contributed by atoms with Crippen LogP contribution in [0.25, 0.3) is 22.3 Å². The van der Waals surface area contributed by atoms with Crippen molar-refractivity contribution in [3.05, 3.63) is 35.3 Å². The molecule has 0 spiro atoms. The van der Waals surface area contributed by atoms with Crippen LogP contribution in [0.1, 0.15) is 18.7 Å². The zero-order valence-corrected chi connectivity index (χ0v) is 19.2. The maximum Gasteiger partial charge on any atom is 0.241 e. The van der Waals surface area contributed by atoms with Crippen molar-refractivity contribution in [3.8, 4) is 11.4 Å². The Balaban J connectivity index is 1.53. The van der Waals surface area contributed by atoms with E-state index in [2.05, 4.69) is 20.0 Å². The van der Waals surface area contributed by atoms with Gasteiger partial charge in [0.15, 0.2) is 0 Å². The molecule has 176 valence electrons. The molecule has 0 aliphatic carbocycles. The van der Waals surface area contributed by atoms with Crippen LogP contribution in [0, 0.1) is 5.92 Å². The van der Waals surface area contributed by atoms with E-state index >= 15 is 0 Å². The fraction of sp³-hybridized carbons (Fsp3) is 0.455. The first kappa shape index (κ1) is 23.2. The van der Waals surface area contributed by atoms with E-state index in [0.717, 1.165) is 49.1 Å². The smallest absolute Gasteiger partial charge is 0.241 e. The van der Waals surface area contributed by atoms with Gasteiger partial charge in [-0.2, -0.15) is 4.98 Å². The molecule has 1 aliphatic rings. The number of hydrogen-bond donors (Lipinski definition) is 1. The van der Waals surface area contributed by atoms with Crippen molar-refractivity contribution in [3.63, 3.8) is 0 Å². The van der Waals surface area contributed by atoms with Gasteiger partial charge in [-0.3, -0.25) is 14.5 Å². The van der Waals surface area contributed by atoms with Gasteiger partial charge in [-0.25, -0.2) is 0 Å². The van der Waals surface area contributed by atoms with Gasteiger partial charge in [-0.05, 0) is 31.9 Å². The normalized spacial score (nSPS) is 14.6. The van der Waals surface area contributed by atoms with Crippen LogP contribution in [-0.2, 0) is 27.4 Å². The van der Waals surface area contributed by atoms with Crippen LogP contribution in [0.4, 0.5) is 0 Å². The Morgan fingerprint density at radius 1 is 1.30 bits per heavy atom. The van der Waals surface area contributed by atoms with Crippen LogP contribution < -0.4 is 5.32 Å². The van der Waals surface area contributed by atoms with E-state index < -0.39 is 0 Å². The molecule has 3 heterocycles. The monoisotopic (exact) mass is 474 g/mol. The predicted octanol–water partition coefficient (Wildman–Crippen LogP) is 2.32. The zero-order valence-electron chi connectivity index (χ0n) is 18.4. The summed E-state index contributed by atoms with van der Waals surface area (Å²) in [6.45, 7) is 3.20. The lowest BCUT2D eigenvalue weighted by atomic mass is 10.0. The first-order valence-corrected chi connectivity index (χ1v) is 11.2. The highest BCUT2D eigenvalue weighted by Gasteiger charge is 2.21. The van der Waals surface area contributed by atoms with Gasteiger partial charge in [-0.15, -0.1) is 0 Å². The zero-order chi connectivity index (χ0) is 23.2. The van der Waals surface area contributed by atoms with Gasteiger partial charge in [0.1, 0.15) is 0 Å². The van der Waals surface area contributed by atoms with Gasteiger partial charge < -0.3 is 24.0 Å². The molecule has 10 nitrogen and oxygen atoms in total. The highest BCUT2D eigenvalue weighted by atomic mass is 35.5. The first-order chi connectivity index (χ1) is 16.1. The number of nitrogens with zero attached hydrogens (tertiary/aromatic N) is 5. The summed E-state index contributed by atoms with van der Waals surface area (Å²) in [5, 5.41) is 8.32. The number of hydrogen-bond acceptors (Lipinski definition) is 7. The Morgan fingerprint density at radius 3 is 2.88 bits per heavy atom. The third kappa shape index (κ3) is 5.52. The molecule has 3 aromatic rings. The van der Waals surface area contributed by atoms with Crippen molar-refractivity contribution in [2.75, 3.05) is 33.6 Å². The van der Waals surface area contributed by atoms with Gasteiger partial charge >= 0.3 is 0 Å². The van der Waals surface area contributed by atoms with Gasteiger partial charge in [0, 0.05) is 36.9 Å². The molecule has 1 aliphatic heterocycles. The molecule has 1 fully saturated rings. The highest BCUT2D eigenvalue weighted by Crippen LogP contribution is 2.34. The Bertz CT molecular complexity index is 1090. The molecule has 0 bridgehead atoms. The SMILES string of the molecule is CN(Cc1nc(-c2cn(CC3CCOCC3)c3c(Cl)cccc23)no1)CN(C=O)CNC=O. The van der Waals surface area contributed by atoms with Gasteiger partial charge in [0.05, 0.1) is 30.4 Å². The van der Waals surface area contributed by atoms with Gasteiger partial charge in [0.2, 0.25) is 24.5 Å². The van der Waals surface area contributed by atoms with E-state index in [4.69, 9.17) is 20.9 Å². The number of rotatable bonds is 11. The van der Waals surface area contributed by atoms with Gasteiger partial charge in [-0.1, -0.05) is 28.9 Å². The maximum atomic E-state index is 11.2. The average Bonchev–Trinajstić information content (AvgIpc) is 3.42. The third-order valence-corrected chi connectivity index (χ3v) is 6.01. The highest BCUT2D eigenvalue weighted by molar-refractivity contribution is 6.35. The van der Waals surface area contributed by atoms with Crippen molar-refractivity contribution in [1.82, 2.24) is 29.8 Å². The van der Waals surface area contributed by atoms with Crippen molar-refractivity contribution < 1.29 is 18.8 Å². The first-order valence-electron chi connectivity index (χ1n) is 10.8. The number of fused-ring (bicyclic) bond motifs is 1. The molecule has 1 aromatic carbocycles. The predicted molar refractivity (Wildman–Crippen MR) is 122 cm³/mol. The molecule has 2 amide bonds. The van der Waals surface area contributed by atoms with Crippen LogP contribution in [0.3, 0.4) is 0 Å². The average molecular weight is 475 g/mol. The molecular formula is C22H27ClN6O4. The minimum absolute atomic E-state index is 0.125. The van der Waals surface area contributed by atoms with E-state index in [1.807, 2.05) is 36.3 Å². The number of ether oxygens (including phenoxy) is 1. The van der Waals surface area contributed by atoms with Crippen LogP contribution in [0.2, 0.25) is 5.02 Å². The number of carbonyl (C=O) groups excluding carboxylic acids is 2. The summed E-state index contributed by atoms with van der Waals surface area (Å²) in [7, 11) is 1.82. The number of para-hydroxylation sites is 1. The molecule has 11 heteroatoms. The largest absolute Gasteiger partial charge is 0.381 e. The van der Waals surface area contributed by atoms with Crippen LogP contribution >= 0.6 is 11.6 Å². The molecule has 2 aromatic heterocycles. The van der Waals surface area contributed by atoms with Crippen molar-refractivity contribution in [2.45, 2.75) is 25.9 Å². The third-order valence-electron chi connectivity index (χ3n) is 5.71. The summed E-state index contributed by atoms with van der Waals surface area (Å²) in [6.07, 6.45) is 5.31. The second-order valence-corrected chi connectivity index (χ2v) is 8.64. The number of halogens is 1. The second kappa shape index (κ2) is 10.8. The Hall–Kier alpha value is -2.95. The van der Waals surface area contributed by atoms with E-state index in [1.54, 1.807) is 0 Å². The van der Waals surface area contributed by atoms with E-state index in [9.17, 15) is 9.59 Å². The molecule has 1 saturated heterocycles. The minimum atomic E-state index is 0.125. The minimum Gasteiger partial charge on any atom is -0.381 e. The maximum absolute atomic E-state index is 11.2. The lowest BCUT2D eigenvalue weighted by Crippen LogP contribution is -2.39. The van der Waals surface area contributed by atoms with Crippen molar-refractivity contribution in [2.24, 2.45) is 5.92 Å². The molecule has 0 saturated carbocycles. The number of carbonyl (C=O) groups is 2. The van der Waals surface area contributed by atoms with E-state index in [0.29, 0.717) is 48.7 Å². The van der Waals surface area contributed by atoms with Crippen LogP contribution in [-0.4, -0.2) is 70.9 Å². The molecular weight excluding hydrogens is 448 g/mol. The molecule has 0 unspecified atom stereocenters. The van der Waals surface area contributed by atoms with Gasteiger partial charge in [0.25, 0.3) is 0 Å². The molecule has 4 rings (SSSR count). The number of aromatic nitrogens is 3. The second-order valence-electron chi connectivity index (χ2n) is 8.23. The van der Waals surface area contributed by atoms with Crippen LogP contribution in [0.15, 0.2) is 28.9 Å². The lowest BCUT2D eigenvalue weighted by Gasteiger charge is -2.23. The molecule has 0 radical (unpaired) electrons. The van der Waals surface area contributed by atoms with E-state index in [-0.39, 0.29) is 6.67 Å². The summed E-state index contributed by atoms with van der Waals surface area (Å²) in [5.41, 5.74) is 1.83. The summed E-state index contributed by atoms with van der Waals surface area (Å²) in [4.78, 5) is 29.4. The Kier molecular flexibility index (Phi) is 7.58. The molecule has 1 N–H and O–H groups in total. The fourth-order valence-corrected chi connectivity index (χ4v) is 4.42. The number of benzene rings is 1. The van der Waals surface area contributed by atoms with Crippen LogP contribution in [0.5, 0.6) is 0 Å². The summed E-state index contributed by atoms with van der Waals surface area (Å²) in [6, 6.07) is 5.83. The topological polar surface area (TPSA) is 106 Å². The summed E-state index contributed by atoms with van der Waals surface area (Å²) < 4.78 is 13.2. The Morgan fingerprint density at radius 2 is 2.12 bits per heavy atom. The summed E-state index contributed by atoms with van der Waals surface area (Å²) >= 11 is 6.58. The lowest BCUT2D eigenvalue weighted by molar-refractivity contribution is -0.121. The summed E-state index contributed by atoms with van der Waals surface area (Å²) in [5.74, 6) is 1.45. The standard InChI is InChI=1S/C22H27ClN6O4/c1-27(14-28(15-31)12-24-13-30)11-20-25-22(26-33-20)18-10-29(9-16-5-7-32-8-6-16)21-17(18)3-2-4-19(21)23/h2-4,10,13,15-16H,5-9,11-12,14H2,1H3,(H,24,30). The molecule has 0 atom stereocenters. The van der Waals surface area contributed by atoms with Crippen molar-refractivity contribution in [1.29, 1.82) is 0 Å². The fourth-order valence-electron chi connectivity index (χ4n) is 4.14. The van der Waals surface area contributed by atoms with E-state index in [1.165, 1.54) is 4.90 Å². The number of nitrogens with one attached hydrogen (secondary N) is 1. The molecule has 33 heavy (non-hydrogen) atoms. The number of amides is 2. The van der Waals surface area contributed by atoms with Crippen molar-refractivity contribution >= 4 is 35.3 Å². The quantitative estimate of drug-likeness (QED) is 0.336.